The van der Waals surface area contributed by atoms with Gasteiger partial charge in [-0.1, -0.05) is 30.3 Å². The molecule has 6 nitrogen and oxygen atoms in total. The molecular weight excluding hydrogens is 292 g/mol. The number of likely N-dealkylation sites (N-methyl/N-ethyl adjacent to an activating group) is 1. The second kappa shape index (κ2) is 6.50. The van der Waals surface area contributed by atoms with Gasteiger partial charge >= 0.3 is 0 Å². The monoisotopic (exact) mass is 314 g/mol. The lowest BCUT2D eigenvalue weighted by Crippen LogP contribution is -2.54. The number of carbonyl (C=O) groups is 2. The van der Waals surface area contributed by atoms with Crippen LogP contribution in [0.2, 0.25) is 0 Å². The first kappa shape index (κ1) is 15.7. The van der Waals surface area contributed by atoms with E-state index in [9.17, 15) is 9.59 Å². The zero-order chi connectivity index (χ0) is 16.4. The number of piperazine rings is 1. The van der Waals surface area contributed by atoms with E-state index < -0.39 is 5.92 Å². The molecule has 0 bridgehead atoms. The molecule has 0 aliphatic carbocycles. The Morgan fingerprint density at radius 3 is 2.48 bits per heavy atom. The van der Waals surface area contributed by atoms with Crippen molar-refractivity contribution >= 4 is 17.5 Å². The van der Waals surface area contributed by atoms with Crippen molar-refractivity contribution in [2.45, 2.75) is 12.8 Å². The number of rotatable bonds is 2. The van der Waals surface area contributed by atoms with Crippen LogP contribution in [0.3, 0.4) is 0 Å². The number of carbonyl (C=O) groups excluding carboxylic acids is 2. The van der Waals surface area contributed by atoms with Crippen molar-refractivity contribution in [1.82, 2.24) is 15.2 Å². The van der Waals surface area contributed by atoms with Gasteiger partial charge < -0.3 is 9.80 Å². The van der Waals surface area contributed by atoms with E-state index in [1.54, 1.807) is 4.90 Å². The van der Waals surface area contributed by atoms with E-state index in [0.717, 1.165) is 24.4 Å². The summed E-state index contributed by atoms with van der Waals surface area (Å²) in [7, 11) is 2.04. The summed E-state index contributed by atoms with van der Waals surface area (Å²) in [6.45, 7) is 4.86. The minimum atomic E-state index is -0.738. The molecule has 1 N–H and O–H groups in total. The molecule has 1 aromatic rings. The van der Waals surface area contributed by atoms with E-state index >= 15 is 0 Å². The molecule has 0 radical (unpaired) electrons. The van der Waals surface area contributed by atoms with Crippen LogP contribution in [0.5, 0.6) is 0 Å². The molecule has 0 saturated carbocycles. The van der Waals surface area contributed by atoms with Crippen LogP contribution < -0.4 is 5.43 Å². The molecule has 0 spiro atoms. The summed E-state index contributed by atoms with van der Waals surface area (Å²) in [4.78, 5) is 29.4. The molecule has 2 unspecified atom stereocenters. The smallest absolute Gasteiger partial charge is 0.253 e. The molecule has 1 aromatic carbocycles. The van der Waals surface area contributed by atoms with Crippen LogP contribution in [0.25, 0.3) is 0 Å². The maximum absolute atomic E-state index is 13.0. The highest BCUT2D eigenvalue weighted by molar-refractivity contribution is 6.09. The molecule has 2 atom stereocenters. The summed E-state index contributed by atoms with van der Waals surface area (Å²) in [6.07, 6.45) is 0. The van der Waals surface area contributed by atoms with Gasteiger partial charge in [-0.15, -0.1) is 0 Å². The maximum atomic E-state index is 13.0. The van der Waals surface area contributed by atoms with Crippen LogP contribution in [-0.2, 0) is 9.59 Å². The van der Waals surface area contributed by atoms with Crippen molar-refractivity contribution in [1.29, 1.82) is 0 Å². The Morgan fingerprint density at radius 1 is 1.17 bits per heavy atom. The number of hydrazone groups is 1. The molecular formula is C17H22N4O2. The van der Waals surface area contributed by atoms with Crippen LogP contribution in [-0.4, -0.2) is 60.6 Å². The molecule has 2 amide bonds. The van der Waals surface area contributed by atoms with Gasteiger partial charge in [0.1, 0.15) is 5.92 Å². The molecule has 6 heteroatoms. The number of hydrogen-bond acceptors (Lipinski definition) is 4. The summed E-state index contributed by atoms with van der Waals surface area (Å²) in [5.41, 5.74) is 4.22. The van der Waals surface area contributed by atoms with Gasteiger partial charge in [-0.25, -0.2) is 5.43 Å². The van der Waals surface area contributed by atoms with Gasteiger partial charge in [0, 0.05) is 37.8 Å². The summed E-state index contributed by atoms with van der Waals surface area (Å²) in [5, 5.41) is 4.10. The normalized spacial score (nSPS) is 25.7. The van der Waals surface area contributed by atoms with E-state index in [4.69, 9.17) is 0 Å². The van der Waals surface area contributed by atoms with Crippen LogP contribution >= 0.6 is 0 Å². The third-order valence-corrected chi connectivity index (χ3v) is 4.65. The van der Waals surface area contributed by atoms with E-state index in [1.807, 2.05) is 44.3 Å². The van der Waals surface area contributed by atoms with Gasteiger partial charge in [0.2, 0.25) is 5.91 Å². The lowest BCUT2D eigenvalue weighted by Gasteiger charge is -2.37. The Labute approximate surface area is 136 Å². The number of hydrogen-bond donors (Lipinski definition) is 1. The zero-order valence-corrected chi connectivity index (χ0v) is 13.5. The summed E-state index contributed by atoms with van der Waals surface area (Å²) >= 11 is 0. The molecule has 23 heavy (non-hydrogen) atoms. The van der Waals surface area contributed by atoms with E-state index in [1.165, 1.54) is 0 Å². The molecule has 2 aliphatic heterocycles. The molecule has 2 aliphatic rings. The first-order chi connectivity index (χ1) is 11.1. The van der Waals surface area contributed by atoms with Crippen molar-refractivity contribution in [3.05, 3.63) is 35.9 Å². The number of nitrogens with one attached hydrogen (secondary N) is 1. The number of amides is 2. The highest BCUT2D eigenvalue weighted by atomic mass is 16.2. The van der Waals surface area contributed by atoms with Gasteiger partial charge in [0.25, 0.3) is 5.91 Å². The minimum absolute atomic E-state index is 0.0984. The average Bonchev–Trinajstić information content (AvgIpc) is 2.57. The highest BCUT2D eigenvalue weighted by Crippen LogP contribution is 2.30. The van der Waals surface area contributed by atoms with Crippen LogP contribution in [0.1, 0.15) is 18.4 Å². The number of benzene rings is 1. The van der Waals surface area contributed by atoms with E-state index in [0.29, 0.717) is 13.1 Å². The Balaban J connectivity index is 1.89. The Morgan fingerprint density at radius 2 is 1.83 bits per heavy atom. The zero-order valence-electron chi connectivity index (χ0n) is 13.5. The van der Waals surface area contributed by atoms with E-state index in [2.05, 4.69) is 15.4 Å². The Hall–Kier alpha value is -2.21. The largest absolute Gasteiger partial charge is 0.339 e. The number of nitrogens with zero attached hydrogens (tertiary/aromatic N) is 3. The lowest BCUT2D eigenvalue weighted by molar-refractivity contribution is -0.144. The third-order valence-electron chi connectivity index (χ3n) is 4.65. The SMILES string of the molecule is CC1=NNC(=O)C(C(=O)N2CCN(C)CC2)C1c1ccccc1. The molecule has 3 rings (SSSR count). The predicted octanol–water partition coefficient (Wildman–Crippen LogP) is 0.666. The third kappa shape index (κ3) is 3.12. The predicted molar refractivity (Wildman–Crippen MR) is 88.0 cm³/mol. The first-order valence-corrected chi connectivity index (χ1v) is 7.94. The summed E-state index contributed by atoms with van der Waals surface area (Å²) in [5.74, 6) is -1.44. The van der Waals surface area contributed by atoms with E-state index in [-0.39, 0.29) is 17.7 Å². The molecule has 122 valence electrons. The standard InChI is InChI=1S/C17H22N4O2/c1-12-14(13-6-4-3-5-7-13)15(16(22)19-18-12)17(23)21-10-8-20(2)9-11-21/h3-7,14-15H,8-11H2,1-2H3,(H,19,22). The van der Waals surface area contributed by atoms with Crippen molar-refractivity contribution in [2.75, 3.05) is 33.2 Å². The minimum Gasteiger partial charge on any atom is -0.339 e. The van der Waals surface area contributed by atoms with Crippen LogP contribution in [0.15, 0.2) is 35.4 Å². The quantitative estimate of drug-likeness (QED) is 0.816. The fraction of sp³-hybridized carbons (Fsp3) is 0.471. The average molecular weight is 314 g/mol. The van der Waals surface area contributed by atoms with Gasteiger partial charge in [0.15, 0.2) is 0 Å². The van der Waals surface area contributed by atoms with Crippen LogP contribution in [0, 0.1) is 5.92 Å². The van der Waals surface area contributed by atoms with Gasteiger partial charge in [-0.2, -0.15) is 5.10 Å². The molecule has 0 aromatic heterocycles. The topological polar surface area (TPSA) is 65.0 Å². The summed E-state index contributed by atoms with van der Waals surface area (Å²) < 4.78 is 0. The Kier molecular flexibility index (Phi) is 4.43. The van der Waals surface area contributed by atoms with Crippen molar-refractivity contribution in [2.24, 2.45) is 11.0 Å². The van der Waals surface area contributed by atoms with Crippen molar-refractivity contribution in [3.8, 4) is 0 Å². The van der Waals surface area contributed by atoms with Crippen molar-refractivity contribution < 1.29 is 9.59 Å². The highest BCUT2D eigenvalue weighted by Gasteiger charge is 2.42. The molecule has 2 heterocycles. The second-order valence-electron chi connectivity index (χ2n) is 6.22. The summed E-state index contributed by atoms with van der Waals surface area (Å²) in [6, 6.07) is 9.67. The molecule has 1 saturated heterocycles. The second-order valence-corrected chi connectivity index (χ2v) is 6.22. The lowest BCUT2D eigenvalue weighted by atomic mass is 9.80. The van der Waals surface area contributed by atoms with Gasteiger partial charge in [-0.3, -0.25) is 9.59 Å². The van der Waals surface area contributed by atoms with Crippen molar-refractivity contribution in [3.63, 3.8) is 0 Å². The fourth-order valence-electron chi connectivity index (χ4n) is 3.25. The van der Waals surface area contributed by atoms with Crippen LogP contribution in [0.4, 0.5) is 0 Å². The van der Waals surface area contributed by atoms with Gasteiger partial charge in [-0.05, 0) is 19.5 Å². The maximum Gasteiger partial charge on any atom is 0.253 e. The van der Waals surface area contributed by atoms with Gasteiger partial charge in [0.05, 0.1) is 0 Å². The fourth-order valence-corrected chi connectivity index (χ4v) is 3.25. The Bertz CT molecular complexity index is 621. The first-order valence-electron chi connectivity index (χ1n) is 7.94. The molecule has 1 fully saturated rings.